The summed E-state index contributed by atoms with van der Waals surface area (Å²) in [6.45, 7) is 3.37. The Bertz CT molecular complexity index is 542. The molecule has 0 fully saturated rings. The van der Waals surface area contributed by atoms with Crippen molar-refractivity contribution in [3.8, 4) is 11.4 Å². The van der Waals surface area contributed by atoms with Crippen LogP contribution in [-0.2, 0) is 0 Å². The van der Waals surface area contributed by atoms with Crippen molar-refractivity contribution in [3.05, 3.63) is 47.3 Å². The van der Waals surface area contributed by atoms with Crippen LogP contribution in [0.5, 0.6) is 0 Å². The number of rotatable bonds is 2. The molecule has 2 aromatic rings. The monoisotopic (exact) mass is 228 g/mol. The second-order valence-electron chi connectivity index (χ2n) is 3.76. The molecule has 1 N–H and O–H groups in total. The van der Waals surface area contributed by atoms with Crippen LogP contribution < -0.4 is 0 Å². The number of benzene rings is 1. The number of hydrogen-bond donors (Lipinski definition) is 1. The number of nitrogens with zero attached hydrogens (tertiary/aromatic N) is 2. The van der Waals surface area contributed by atoms with Crippen LogP contribution in [0.4, 0.5) is 0 Å². The molecule has 1 aromatic carbocycles. The van der Waals surface area contributed by atoms with E-state index in [1.807, 2.05) is 30.3 Å². The molecule has 1 heterocycles. The molecule has 0 aliphatic rings. The summed E-state index contributed by atoms with van der Waals surface area (Å²) < 4.78 is 0. The predicted octanol–water partition coefficient (Wildman–Crippen LogP) is 2.46. The maximum absolute atomic E-state index is 11.0. The van der Waals surface area contributed by atoms with E-state index in [1.54, 1.807) is 13.8 Å². The van der Waals surface area contributed by atoms with Crippen molar-refractivity contribution in [1.82, 2.24) is 9.97 Å². The number of aryl methyl sites for hydroxylation is 2. The zero-order chi connectivity index (χ0) is 12.4. The van der Waals surface area contributed by atoms with Crippen molar-refractivity contribution < 1.29 is 9.90 Å². The Balaban J connectivity index is 2.57. The third-order valence-electron chi connectivity index (χ3n) is 2.52. The molecule has 0 unspecified atom stereocenters. The van der Waals surface area contributed by atoms with E-state index >= 15 is 0 Å². The summed E-state index contributed by atoms with van der Waals surface area (Å²) in [4.78, 5) is 19.5. The van der Waals surface area contributed by atoms with Gasteiger partial charge < -0.3 is 5.11 Å². The summed E-state index contributed by atoms with van der Waals surface area (Å²) in [6, 6.07) is 9.50. The minimum atomic E-state index is -0.986. The number of carboxylic acid groups (broad SMARTS) is 1. The molecule has 0 bridgehead atoms. The topological polar surface area (TPSA) is 63.1 Å². The van der Waals surface area contributed by atoms with Gasteiger partial charge in [-0.3, -0.25) is 0 Å². The highest BCUT2D eigenvalue weighted by atomic mass is 16.4. The van der Waals surface area contributed by atoms with Gasteiger partial charge >= 0.3 is 5.97 Å². The predicted molar refractivity (Wildman–Crippen MR) is 63.9 cm³/mol. The first kappa shape index (κ1) is 11.3. The molecular weight excluding hydrogens is 216 g/mol. The smallest absolute Gasteiger partial charge is 0.339 e. The van der Waals surface area contributed by atoms with E-state index in [9.17, 15) is 4.79 Å². The molecule has 0 aliphatic heterocycles. The molecular formula is C13H12N2O2. The van der Waals surface area contributed by atoms with Crippen molar-refractivity contribution in [3.63, 3.8) is 0 Å². The van der Waals surface area contributed by atoms with Gasteiger partial charge in [-0.1, -0.05) is 30.3 Å². The Hall–Kier alpha value is -2.23. The molecule has 0 atom stereocenters. The lowest BCUT2D eigenvalue weighted by Crippen LogP contribution is -2.08. The fourth-order valence-corrected chi connectivity index (χ4v) is 1.74. The first-order valence-electron chi connectivity index (χ1n) is 5.23. The van der Waals surface area contributed by atoms with Gasteiger partial charge in [-0.25, -0.2) is 14.8 Å². The van der Waals surface area contributed by atoms with Gasteiger partial charge in [0.15, 0.2) is 5.82 Å². The zero-order valence-electron chi connectivity index (χ0n) is 9.64. The van der Waals surface area contributed by atoms with Gasteiger partial charge in [0, 0.05) is 5.56 Å². The Kier molecular flexibility index (Phi) is 2.87. The van der Waals surface area contributed by atoms with Crippen LogP contribution in [0.15, 0.2) is 30.3 Å². The molecule has 0 aliphatic carbocycles. The summed E-state index contributed by atoms with van der Waals surface area (Å²) in [5, 5.41) is 9.03. The van der Waals surface area contributed by atoms with Gasteiger partial charge in [-0.05, 0) is 13.8 Å². The maximum atomic E-state index is 11.0. The second-order valence-corrected chi connectivity index (χ2v) is 3.76. The number of aromatic carboxylic acids is 1. The summed E-state index contributed by atoms with van der Waals surface area (Å²) in [6.07, 6.45) is 0. The normalized spacial score (nSPS) is 10.2. The third-order valence-corrected chi connectivity index (χ3v) is 2.52. The van der Waals surface area contributed by atoms with Gasteiger partial charge in [0.2, 0.25) is 0 Å². The van der Waals surface area contributed by atoms with Gasteiger partial charge in [0.05, 0.1) is 11.4 Å². The lowest BCUT2D eigenvalue weighted by molar-refractivity contribution is 0.0694. The molecule has 0 saturated carbocycles. The van der Waals surface area contributed by atoms with Crippen LogP contribution in [0, 0.1) is 13.8 Å². The lowest BCUT2D eigenvalue weighted by atomic mass is 10.1. The molecule has 0 radical (unpaired) electrons. The quantitative estimate of drug-likeness (QED) is 0.857. The van der Waals surface area contributed by atoms with E-state index in [-0.39, 0.29) is 5.56 Å². The second kappa shape index (κ2) is 4.33. The first-order valence-corrected chi connectivity index (χ1v) is 5.23. The van der Waals surface area contributed by atoms with E-state index in [0.717, 1.165) is 5.56 Å². The van der Waals surface area contributed by atoms with Crippen molar-refractivity contribution in [2.75, 3.05) is 0 Å². The van der Waals surface area contributed by atoms with Crippen LogP contribution in [0.1, 0.15) is 21.7 Å². The fraction of sp³-hybridized carbons (Fsp3) is 0.154. The summed E-state index contributed by atoms with van der Waals surface area (Å²) >= 11 is 0. The highest BCUT2D eigenvalue weighted by Crippen LogP contribution is 2.18. The summed E-state index contributed by atoms with van der Waals surface area (Å²) in [7, 11) is 0. The van der Waals surface area contributed by atoms with Crippen LogP contribution in [0.2, 0.25) is 0 Å². The third kappa shape index (κ3) is 2.15. The minimum Gasteiger partial charge on any atom is -0.478 e. The number of aromatic nitrogens is 2. The van der Waals surface area contributed by atoms with E-state index in [4.69, 9.17) is 5.11 Å². The highest BCUT2D eigenvalue weighted by molar-refractivity contribution is 5.90. The number of hydrogen-bond acceptors (Lipinski definition) is 3. The van der Waals surface area contributed by atoms with Crippen molar-refractivity contribution in [1.29, 1.82) is 0 Å². The molecule has 86 valence electrons. The molecule has 0 saturated heterocycles. The first-order chi connectivity index (χ1) is 8.09. The van der Waals surface area contributed by atoms with Gasteiger partial charge in [-0.15, -0.1) is 0 Å². The van der Waals surface area contributed by atoms with Crippen LogP contribution in [0.25, 0.3) is 11.4 Å². The van der Waals surface area contributed by atoms with Crippen LogP contribution in [0.3, 0.4) is 0 Å². The SMILES string of the molecule is Cc1nc(-c2ccccc2)nc(C)c1C(=O)O. The van der Waals surface area contributed by atoms with Gasteiger partial charge in [-0.2, -0.15) is 0 Å². The van der Waals surface area contributed by atoms with Crippen molar-refractivity contribution in [2.45, 2.75) is 13.8 Å². The molecule has 4 nitrogen and oxygen atoms in total. The Morgan fingerprint density at radius 2 is 1.59 bits per heavy atom. The van der Waals surface area contributed by atoms with Crippen LogP contribution in [-0.4, -0.2) is 21.0 Å². The van der Waals surface area contributed by atoms with Crippen LogP contribution >= 0.6 is 0 Å². The molecule has 1 aromatic heterocycles. The van der Waals surface area contributed by atoms with E-state index < -0.39 is 5.97 Å². The van der Waals surface area contributed by atoms with Crippen molar-refractivity contribution in [2.24, 2.45) is 0 Å². The Morgan fingerprint density at radius 1 is 1.06 bits per heavy atom. The molecule has 0 spiro atoms. The zero-order valence-corrected chi connectivity index (χ0v) is 9.64. The summed E-state index contributed by atoms with van der Waals surface area (Å²) in [5.41, 5.74) is 2.05. The highest BCUT2D eigenvalue weighted by Gasteiger charge is 2.15. The van der Waals surface area contributed by atoms with E-state index in [0.29, 0.717) is 17.2 Å². The van der Waals surface area contributed by atoms with E-state index in [1.165, 1.54) is 0 Å². The van der Waals surface area contributed by atoms with Crippen molar-refractivity contribution >= 4 is 5.97 Å². The Morgan fingerprint density at radius 3 is 2.06 bits per heavy atom. The summed E-state index contributed by atoms with van der Waals surface area (Å²) in [5.74, 6) is -0.426. The average molecular weight is 228 g/mol. The largest absolute Gasteiger partial charge is 0.478 e. The molecule has 17 heavy (non-hydrogen) atoms. The minimum absolute atomic E-state index is 0.185. The fourth-order valence-electron chi connectivity index (χ4n) is 1.74. The Labute approximate surface area is 99.0 Å². The molecule has 2 rings (SSSR count). The standard InChI is InChI=1S/C13H12N2O2/c1-8-11(13(16)17)9(2)15-12(14-8)10-6-4-3-5-7-10/h3-7H,1-2H3,(H,16,17). The maximum Gasteiger partial charge on any atom is 0.339 e. The number of carbonyl (C=O) groups is 1. The van der Waals surface area contributed by atoms with Gasteiger partial charge in [0.1, 0.15) is 5.56 Å². The van der Waals surface area contributed by atoms with Gasteiger partial charge in [0.25, 0.3) is 0 Å². The molecule has 4 heteroatoms. The lowest BCUT2D eigenvalue weighted by Gasteiger charge is -2.07. The number of carboxylic acids is 1. The molecule has 0 amide bonds. The van der Waals surface area contributed by atoms with E-state index in [2.05, 4.69) is 9.97 Å². The average Bonchev–Trinajstić information content (AvgIpc) is 2.28.